The van der Waals surface area contributed by atoms with Crippen LogP contribution >= 0.6 is 0 Å². The van der Waals surface area contributed by atoms with Gasteiger partial charge in [-0.1, -0.05) is 18.2 Å². The molecule has 8 heteroatoms. The lowest BCUT2D eigenvalue weighted by Gasteiger charge is -2.08. The van der Waals surface area contributed by atoms with Crippen molar-refractivity contribution in [2.24, 2.45) is 0 Å². The minimum Gasteiger partial charge on any atom is -0.313 e. The Kier molecular flexibility index (Phi) is 3.49. The van der Waals surface area contributed by atoms with Crippen LogP contribution in [-0.4, -0.2) is 29.5 Å². The molecule has 4 aromatic heterocycles. The Morgan fingerprint density at radius 3 is 2.87 bits per heavy atom. The Balaban J connectivity index is 1.44. The second-order valence-corrected chi connectivity index (χ2v) is 7.57. The Labute approximate surface area is 169 Å². The van der Waals surface area contributed by atoms with Crippen molar-refractivity contribution < 1.29 is 0 Å². The average Bonchev–Trinajstić information content (AvgIpc) is 3.41. The molecule has 6 rings (SSSR count). The highest BCUT2D eigenvalue weighted by Crippen LogP contribution is 2.55. The zero-order valence-electron chi connectivity index (χ0n) is 15.7. The van der Waals surface area contributed by atoms with E-state index in [4.69, 9.17) is 0 Å². The summed E-state index contributed by atoms with van der Waals surface area (Å²) < 4.78 is 1.69. The average molecular weight is 396 g/mol. The minimum atomic E-state index is -0.542. The van der Waals surface area contributed by atoms with Crippen LogP contribution in [-0.2, 0) is 0 Å². The second-order valence-electron chi connectivity index (χ2n) is 7.57. The van der Waals surface area contributed by atoms with E-state index in [1.165, 1.54) is 11.8 Å². The molecule has 8 nitrogen and oxygen atoms in total. The maximum absolute atomic E-state index is 12.3. The lowest BCUT2D eigenvalue weighted by Crippen LogP contribution is -2.23. The summed E-state index contributed by atoms with van der Waals surface area (Å²) in [7, 11) is 0. The highest BCUT2D eigenvalue weighted by molar-refractivity contribution is 5.79. The van der Waals surface area contributed by atoms with Crippen LogP contribution in [0.1, 0.15) is 29.4 Å². The van der Waals surface area contributed by atoms with Crippen molar-refractivity contribution in [1.29, 1.82) is 0 Å². The molecule has 1 aromatic carbocycles. The minimum absolute atomic E-state index is 0.277. The quantitative estimate of drug-likeness (QED) is 0.487. The summed E-state index contributed by atoms with van der Waals surface area (Å²) in [6, 6.07) is 12.3. The number of hydrogen-bond donors (Lipinski definition) is 2. The van der Waals surface area contributed by atoms with Crippen LogP contribution in [0.3, 0.4) is 0 Å². The number of nitrogens with one attached hydrogen (secondary N) is 2. The lowest BCUT2D eigenvalue weighted by atomic mass is 10.0. The molecule has 0 aliphatic heterocycles. The van der Waals surface area contributed by atoms with Gasteiger partial charge < -0.3 is 4.98 Å². The zero-order chi connectivity index (χ0) is 20.2. The first kappa shape index (κ1) is 16.8. The molecule has 2 N–H and O–H groups in total. The van der Waals surface area contributed by atoms with Crippen molar-refractivity contribution in [3.8, 4) is 11.3 Å². The van der Waals surface area contributed by atoms with E-state index in [9.17, 15) is 9.59 Å². The van der Waals surface area contributed by atoms with Crippen molar-refractivity contribution in [1.82, 2.24) is 29.5 Å². The van der Waals surface area contributed by atoms with Crippen LogP contribution in [0.4, 0.5) is 0 Å². The van der Waals surface area contributed by atoms with E-state index >= 15 is 0 Å². The zero-order valence-corrected chi connectivity index (χ0v) is 15.7. The molecule has 2 atom stereocenters. The first-order chi connectivity index (χ1) is 14.7. The lowest BCUT2D eigenvalue weighted by molar-refractivity contribution is 0.906. The summed E-state index contributed by atoms with van der Waals surface area (Å²) in [4.78, 5) is 37.4. The summed E-state index contributed by atoms with van der Waals surface area (Å²) in [6.07, 6.45) is 7.66. The molecule has 146 valence electrons. The van der Waals surface area contributed by atoms with E-state index in [0.717, 1.165) is 28.5 Å². The molecule has 0 saturated heterocycles. The van der Waals surface area contributed by atoms with E-state index in [2.05, 4.69) is 49.3 Å². The smallest absolute Gasteiger partial charge is 0.313 e. The van der Waals surface area contributed by atoms with Gasteiger partial charge in [-0.2, -0.15) is 5.10 Å². The fourth-order valence-corrected chi connectivity index (χ4v) is 4.17. The van der Waals surface area contributed by atoms with Crippen LogP contribution in [0.5, 0.6) is 0 Å². The Bertz CT molecular complexity index is 1550. The SMILES string of the molecule is O=c1[nH]cc(-c2cc(C3C[C@@H]3c3ccc4cccnc4c3)c3nccn3n2)c(=O)[nH]1. The van der Waals surface area contributed by atoms with Gasteiger partial charge in [0.05, 0.1) is 16.8 Å². The molecule has 1 fully saturated rings. The van der Waals surface area contributed by atoms with Crippen molar-refractivity contribution in [3.63, 3.8) is 0 Å². The highest BCUT2D eigenvalue weighted by Gasteiger charge is 2.41. The normalized spacial score (nSPS) is 18.1. The van der Waals surface area contributed by atoms with E-state index < -0.39 is 11.2 Å². The first-order valence-electron chi connectivity index (χ1n) is 9.69. The molecule has 0 amide bonds. The van der Waals surface area contributed by atoms with Gasteiger partial charge in [-0.15, -0.1) is 0 Å². The summed E-state index contributed by atoms with van der Waals surface area (Å²) in [6.45, 7) is 0. The molecule has 1 aliphatic rings. The maximum atomic E-state index is 12.3. The van der Waals surface area contributed by atoms with Crippen LogP contribution in [0.25, 0.3) is 27.8 Å². The number of H-pyrrole nitrogens is 2. The van der Waals surface area contributed by atoms with E-state index in [0.29, 0.717) is 17.2 Å². The fourth-order valence-electron chi connectivity index (χ4n) is 4.17. The largest absolute Gasteiger partial charge is 0.325 e. The van der Waals surface area contributed by atoms with E-state index in [1.54, 1.807) is 23.1 Å². The summed E-state index contributed by atoms with van der Waals surface area (Å²) in [5, 5.41) is 5.63. The number of nitrogens with zero attached hydrogens (tertiary/aromatic N) is 4. The summed E-state index contributed by atoms with van der Waals surface area (Å²) in [5.41, 5.74) is 3.87. The van der Waals surface area contributed by atoms with Gasteiger partial charge in [0, 0.05) is 35.7 Å². The number of hydrogen-bond acceptors (Lipinski definition) is 5. The van der Waals surface area contributed by atoms with Gasteiger partial charge in [0.1, 0.15) is 0 Å². The summed E-state index contributed by atoms with van der Waals surface area (Å²) in [5.74, 6) is 0.640. The molecular formula is C22H16N6O2. The third-order valence-corrected chi connectivity index (χ3v) is 5.73. The summed E-state index contributed by atoms with van der Waals surface area (Å²) >= 11 is 0. The molecule has 4 heterocycles. The van der Waals surface area contributed by atoms with Crippen molar-refractivity contribution >= 4 is 16.6 Å². The Hall–Kier alpha value is -4.07. The van der Waals surface area contributed by atoms with E-state index in [-0.39, 0.29) is 5.92 Å². The van der Waals surface area contributed by atoms with Gasteiger partial charge in [0.2, 0.25) is 0 Å². The second kappa shape index (κ2) is 6.21. The number of pyridine rings is 1. The molecule has 0 spiro atoms. The Morgan fingerprint density at radius 2 is 1.97 bits per heavy atom. The topological polar surface area (TPSA) is 109 Å². The molecule has 1 saturated carbocycles. The van der Waals surface area contributed by atoms with Crippen LogP contribution in [0.15, 0.2) is 70.8 Å². The van der Waals surface area contributed by atoms with Crippen molar-refractivity contribution in [2.75, 3.05) is 0 Å². The number of benzene rings is 1. The standard InChI is InChI=1S/C22H16N6O2/c29-21-17(11-25-22(30)26-21)19-10-16(20-24-6-7-28(20)27-19)15-9-14(15)13-4-3-12-2-1-5-23-18(12)8-13/h1-8,10-11,14-15H,9H2,(H2,25,26,29,30)/t14-,15?/m1/s1. The van der Waals surface area contributed by atoms with Gasteiger partial charge in [-0.25, -0.2) is 14.3 Å². The number of aromatic nitrogens is 6. The highest BCUT2D eigenvalue weighted by atomic mass is 16.2. The van der Waals surface area contributed by atoms with Gasteiger partial charge in [0.15, 0.2) is 5.65 Å². The van der Waals surface area contributed by atoms with Gasteiger partial charge in [-0.05, 0) is 42.0 Å². The van der Waals surface area contributed by atoms with Gasteiger partial charge in [0.25, 0.3) is 5.56 Å². The first-order valence-corrected chi connectivity index (χ1v) is 9.69. The van der Waals surface area contributed by atoms with Crippen LogP contribution in [0, 0.1) is 0 Å². The molecule has 30 heavy (non-hydrogen) atoms. The third-order valence-electron chi connectivity index (χ3n) is 5.73. The predicted molar refractivity (Wildman–Crippen MR) is 112 cm³/mol. The van der Waals surface area contributed by atoms with Crippen LogP contribution < -0.4 is 11.2 Å². The molecule has 0 bridgehead atoms. The monoisotopic (exact) mass is 396 g/mol. The van der Waals surface area contributed by atoms with E-state index in [1.807, 2.05) is 12.1 Å². The fraction of sp³-hybridized carbons (Fsp3) is 0.136. The molecule has 0 radical (unpaired) electrons. The maximum Gasteiger partial charge on any atom is 0.325 e. The number of imidazole rings is 1. The predicted octanol–water partition coefficient (Wildman–Crippen LogP) is 2.59. The van der Waals surface area contributed by atoms with Gasteiger partial charge in [-0.3, -0.25) is 14.8 Å². The van der Waals surface area contributed by atoms with Gasteiger partial charge >= 0.3 is 5.69 Å². The molecule has 5 aromatic rings. The number of fused-ring (bicyclic) bond motifs is 2. The molecular weight excluding hydrogens is 380 g/mol. The number of aromatic amines is 2. The van der Waals surface area contributed by atoms with Crippen molar-refractivity contribution in [2.45, 2.75) is 18.3 Å². The molecule has 1 unspecified atom stereocenters. The van der Waals surface area contributed by atoms with Crippen molar-refractivity contribution in [3.05, 3.63) is 93.2 Å². The van der Waals surface area contributed by atoms with Crippen LogP contribution in [0.2, 0.25) is 0 Å². The third kappa shape index (κ3) is 2.65. The number of rotatable bonds is 3. The Morgan fingerprint density at radius 1 is 1.03 bits per heavy atom. The molecule has 1 aliphatic carbocycles.